The fourth-order valence-corrected chi connectivity index (χ4v) is 3.61. The lowest BCUT2D eigenvalue weighted by atomic mass is 10.0. The molecule has 1 aromatic heterocycles. The van der Waals surface area contributed by atoms with E-state index in [0.717, 1.165) is 28.0 Å². The number of carbonyl (C=O) groups excluding carboxylic acids is 1. The van der Waals surface area contributed by atoms with Crippen molar-refractivity contribution in [3.8, 4) is 5.69 Å². The summed E-state index contributed by atoms with van der Waals surface area (Å²) in [5.74, 6) is -0.506. The topological polar surface area (TPSA) is 93.2 Å². The second-order valence-electron chi connectivity index (χ2n) is 6.81. The average molecular weight is 390 g/mol. The van der Waals surface area contributed by atoms with Gasteiger partial charge in [0, 0.05) is 18.1 Å². The zero-order valence-electron chi connectivity index (χ0n) is 15.7. The van der Waals surface area contributed by atoms with Crippen LogP contribution in [0.2, 0.25) is 0 Å². The van der Waals surface area contributed by atoms with E-state index < -0.39 is 5.91 Å². The summed E-state index contributed by atoms with van der Waals surface area (Å²) >= 11 is 0. The summed E-state index contributed by atoms with van der Waals surface area (Å²) in [7, 11) is 0. The number of hydrogen-bond acceptors (Lipinski definition) is 4. The predicted molar refractivity (Wildman–Crippen MR) is 109 cm³/mol. The third-order valence-electron chi connectivity index (χ3n) is 5.07. The van der Waals surface area contributed by atoms with Gasteiger partial charge in [-0.05, 0) is 70.7 Å². The Hall–Kier alpha value is -3.71. The fourth-order valence-electron chi connectivity index (χ4n) is 3.61. The second-order valence-corrected chi connectivity index (χ2v) is 6.81. The highest BCUT2D eigenvalue weighted by atomic mass is 19.1. The van der Waals surface area contributed by atoms with Crippen LogP contribution < -0.4 is 11.2 Å². The van der Waals surface area contributed by atoms with Crippen LogP contribution in [-0.2, 0) is 4.79 Å². The third-order valence-corrected chi connectivity index (χ3v) is 5.07. The molecule has 4 N–H and O–H groups in total. The Balaban J connectivity index is 1.74. The SMILES string of the molecule is CC1=C(CC(=O)NO)c2cc(F)ccc2/C1=C\c1ccc(-n2ccnc2N)cc1. The van der Waals surface area contributed by atoms with Gasteiger partial charge in [0.05, 0.1) is 6.42 Å². The molecule has 7 heteroatoms. The van der Waals surface area contributed by atoms with Crippen LogP contribution in [0.15, 0.2) is 60.4 Å². The minimum atomic E-state index is -0.543. The molecule has 2 aromatic carbocycles. The molecule has 1 aliphatic rings. The van der Waals surface area contributed by atoms with E-state index in [1.54, 1.807) is 28.5 Å². The number of amides is 1. The summed E-state index contributed by atoms with van der Waals surface area (Å²) in [5.41, 5.74) is 13.3. The summed E-state index contributed by atoms with van der Waals surface area (Å²) in [6, 6.07) is 12.3. The number of hydroxylamine groups is 1. The molecule has 0 atom stereocenters. The number of halogens is 1. The van der Waals surface area contributed by atoms with Crippen LogP contribution in [0.1, 0.15) is 30.0 Å². The van der Waals surface area contributed by atoms with Gasteiger partial charge in [-0.3, -0.25) is 14.6 Å². The molecule has 0 fully saturated rings. The summed E-state index contributed by atoms with van der Waals surface area (Å²) in [4.78, 5) is 15.7. The van der Waals surface area contributed by atoms with Crippen LogP contribution in [-0.4, -0.2) is 20.7 Å². The molecule has 1 aliphatic carbocycles. The van der Waals surface area contributed by atoms with Crippen LogP contribution >= 0.6 is 0 Å². The lowest BCUT2D eigenvalue weighted by molar-refractivity contribution is -0.128. The van der Waals surface area contributed by atoms with E-state index in [1.807, 2.05) is 37.3 Å². The van der Waals surface area contributed by atoms with Crippen molar-refractivity contribution in [1.82, 2.24) is 15.0 Å². The van der Waals surface area contributed by atoms with E-state index in [0.29, 0.717) is 17.1 Å². The van der Waals surface area contributed by atoms with Gasteiger partial charge in [-0.15, -0.1) is 0 Å². The van der Waals surface area contributed by atoms with Crippen LogP contribution in [0.3, 0.4) is 0 Å². The number of fused-ring (bicyclic) bond motifs is 1. The number of aromatic nitrogens is 2. The molecule has 1 heterocycles. The molecule has 0 bridgehead atoms. The molecule has 0 aliphatic heterocycles. The lowest BCUT2D eigenvalue weighted by Gasteiger charge is -2.07. The molecule has 0 unspecified atom stereocenters. The number of nitrogens with two attached hydrogens (primary N) is 1. The van der Waals surface area contributed by atoms with Crippen molar-refractivity contribution < 1.29 is 14.4 Å². The third kappa shape index (κ3) is 3.43. The van der Waals surface area contributed by atoms with Gasteiger partial charge in [0.15, 0.2) is 0 Å². The first-order chi connectivity index (χ1) is 14.0. The van der Waals surface area contributed by atoms with Crippen molar-refractivity contribution >= 4 is 29.1 Å². The highest BCUT2D eigenvalue weighted by Gasteiger charge is 2.25. The summed E-state index contributed by atoms with van der Waals surface area (Å²) < 4.78 is 15.6. The molecule has 29 heavy (non-hydrogen) atoms. The molecule has 1 amide bonds. The van der Waals surface area contributed by atoms with E-state index in [2.05, 4.69) is 4.98 Å². The summed E-state index contributed by atoms with van der Waals surface area (Å²) in [6.45, 7) is 1.89. The average Bonchev–Trinajstić information content (AvgIpc) is 3.25. The molecule has 3 aromatic rings. The molecule has 6 nitrogen and oxygen atoms in total. The number of nitrogen functional groups attached to an aromatic ring is 1. The molecule has 0 radical (unpaired) electrons. The number of hydrogen-bond donors (Lipinski definition) is 3. The minimum Gasteiger partial charge on any atom is -0.369 e. The van der Waals surface area contributed by atoms with E-state index in [4.69, 9.17) is 10.9 Å². The molecular weight excluding hydrogens is 371 g/mol. The van der Waals surface area contributed by atoms with Crippen molar-refractivity contribution in [2.75, 3.05) is 5.73 Å². The number of imidazole rings is 1. The Kier molecular flexibility index (Phi) is 4.74. The fraction of sp³-hybridized carbons (Fsp3) is 0.0909. The number of carbonyl (C=O) groups is 1. The van der Waals surface area contributed by atoms with E-state index in [9.17, 15) is 9.18 Å². The Labute approximate surface area is 166 Å². The van der Waals surface area contributed by atoms with Gasteiger partial charge in [0.1, 0.15) is 5.82 Å². The van der Waals surface area contributed by atoms with E-state index in [1.165, 1.54) is 12.1 Å². The standard InChI is InChI=1S/C22H19FN4O2/c1-13-18(10-14-2-5-16(6-3-14)27-9-8-25-22(27)24)17-7-4-15(23)11-20(17)19(13)12-21(28)26-29/h2-11,29H,12H2,1H3,(H2,24,25)(H,26,28)/b18-10-. The van der Waals surface area contributed by atoms with E-state index in [-0.39, 0.29) is 12.2 Å². The monoisotopic (exact) mass is 390 g/mol. The van der Waals surface area contributed by atoms with Crippen LogP contribution in [0, 0.1) is 5.82 Å². The number of rotatable bonds is 4. The number of allylic oxidation sites excluding steroid dienone is 2. The number of nitrogens with zero attached hydrogens (tertiary/aromatic N) is 2. The number of benzene rings is 2. The largest absolute Gasteiger partial charge is 0.369 e. The van der Waals surface area contributed by atoms with Gasteiger partial charge >= 0.3 is 0 Å². The lowest BCUT2D eigenvalue weighted by Crippen LogP contribution is -2.18. The Bertz CT molecular complexity index is 1160. The van der Waals surface area contributed by atoms with Gasteiger partial charge < -0.3 is 5.73 Å². The van der Waals surface area contributed by atoms with Crippen LogP contribution in [0.5, 0.6) is 0 Å². The van der Waals surface area contributed by atoms with Crippen molar-refractivity contribution in [3.05, 3.63) is 82.9 Å². The molecule has 4 rings (SSSR count). The van der Waals surface area contributed by atoms with Gasteiger partial charge in [0.2, 0.25) is 11.9 Å². The first kappa shape index (κ1) is 18.6. The number of anilines is 1. The Morgan fingerprint density at radius 1 is 1.24 bits per heavy atom. The highest BCUT2D eigenvalue weighted by molar-refractivity contribution is 6.08. The van der Waals surface area contributed by atoms with E-state index >= 15 is 0 Å². The normalized spacial score (nSPS) is 14.4. The number of nitrogens with one attached hydrogen (secondary N) is 1. The molecule has 0 saturated carbocycles. The van der Waals surface area contributed by atoms with Crippen LogP contribution in [0.25, 0.3) is 22.9 Å². The van der Waals surface area contributed by atoms with Gasteiger partial charge in [-0.25, -0.2) is 14.9 Å². The van der Waals surface area contributed by atoms with Gasteiger partial charge in [0.25, 0.3) is 0 Å². The Morgan fingerprint density at radius 2 is 2.00 bits per heavy atom. The first-order valence-corrected chi connectivity index (χ1v) is 9.02. The molecule has 146 valence electrons. The first-order valence-electron chi connectivity index (χ1n) is 9.02. The van der Waals surface area contributed by atoms with Gasteiger partial charge in [-0.2, -0.15) is 0 Å². The second kappa shape index (κ2) is 7.37. The van der Waals surface area contributed by atoms with Gasteiger partial charge in [-0.1, -0.05) is 18.2 Å². The predicted octanol–water partition coefficient (Wildman–Crippen LogP) is 3.82. The Morgan fingerprint density at radius 3 is 2.66 bits per heavy atom. The maximum atomic E-state index is 13.8. The van der Waals surface area contributed by atoms with Crippen molar-refractivity contribution in [2.45, 2.75) is 13.3 Å². The minimum absolute atomic E-state index is 0.0328. The summed E-state index contributed by atoms with van der Waals surface area (Å²) in [5, 5.41) is 8.88. The van der Waals surface area contributed by atoms with Crippen molar-refractivity contribution in [2.24, 2.45) is 0 Å². The molecule has 0 spiro atoms. The van der Waals surface area contributed by atoms with Crippen molar-refractivity contribution in [3.63, 3.8) is 0 Å². The maximum Gasteiger partial charge on any atom is 0.247 e. The molecule has 0 saturated heterocycles. The maximum absolute atomic E-state index is 13.8. The zero-order valence-corrected chi connectivity index (χ0v) is 15.7. The zero-order chi connectivity index (χ0) is 20.5. The quantitative estimate of drug-likeness (QED) is 0.466. The smallest absolute Gasteiger partial charge is 0.247 e. The van der Waals surface area contributed by atoms with Crippen LogP contribution in [0.4, 0.5) is 10.3 Å². The molecular formula is C22H19FN4O2. The summed E-state index contributed by atoms with van der Waals surface area (Å²) in [6.07, 6.45) is 5.39. The van der Waals surface area contributed by atoms with Crippen molar-refractivity contribution in [1.29, 1.82) is 0 Å². The highest BCUT2D eigenvalue weighted by Crippen LogP contribution is 2.43.